The molecule has 0 saturated carbocycles. The molecule has 0 spiro atoms. The zero-order valence-corrected chi connectivity index (χ0v) is 16.2. The van der Waals surface area contributed by atoms with Crippen LogP contribution in [0.5, 0.6) is 0 Å². The molecule has 1 saturated heterocycles. The van der Waals surface area contributed by atoms with E-state index in [0.717, 1.165) is 17.1 Å². The number of carbonyl (C=O) groups excluding carboxylic acids is 3. The van der Waals surface area contributed by atoms with Gasteiger partial charge >= 0.3 is 0 Å². The fourth-order valence-corrected chi connectivity index (χ4v) is 3.46. The number of aromatic nitrogens is 2. The Hall–Kier alpha value is -3.74. The number of nitrogens with one attached hydrogen (secondary N) is 1. The van der Waals surface area contributed by atoms with Gasteiger partial charge in [0.2, 0.25) is 11.8 Å². The maximum atomic E-state index is 12.8. The number of aryl methyl sites for hydroxylation is 2. The van der Waals surface area contributed by atoms with Crippen LogP contribution in [-0.4, -0.2) is 27.5 Å². The Morgan fingerprint density at radius 3 is 2.24 bits per heavy atom. The second kappa shape index (κ2) is 7.35. The standard InChI is InChI=1S/C22H20N4O3/c1-14-13-15(2)26(24-14)19-6-4-3-5-18(19)23-22(29)16-7-9-17(10-8-16)25-20(27)11-12-21(25)28/h3-10,13H,11-12H2,1-2H3,(H,23,29). The average Bonchev–Trinajstić information content (AvgIpc) is 3.22. The van der Waals surface area contributed by atoms with E-state index < -0.39 is 0 Å². The first-order valence-electron chi connectivity index (χ1n) is 9.34. The van der Waals surface area contributed by atoms with E-state index in [9.17, 15) is 14.4 Å². The Morgan fingerprint density at radius 1 is 0.966 bits per heavy atom. The first kappa shape index (κ1) is 18.6. The van der Waals surface area contributed by atoms with Crippen molar-refractivity contribution in [3.63, 3.8) is 0 Å². The van der Waals surface area contributed by atoms with Crippen LogP contribution in [0.2, 0.25) is 0 Å². The highest BCUT2D eigenvalue weighted by Crippen LogP contribution is 2.25. The normalized spacial score (nSPS) is 13.8. The van der Waals surface area contributed by atoms with E-state index in [-0.39, 0.29) is 30.6 Å². The molecule has 1 aromatic heterocycles. The smallest absolute Gasteiger partial charge is 0.255 e. The van der Waals surface area contributed by atoms with E-state index in [1.54, 1.807) is 28.9 Å². The third-order valence-electron chi connectivity index (χ3n) is 4.83. The number of hydrogen-bond donors (Lipinski definition) is 1. The summed E-state index contributed by atoms with van der Waals surface area (Å²) in [5.74, 6) is -0.721. The van der Waals surface area contributed by atoms with Crippen LogP contribution in [0.3, 0.4) is 0 Å². The van der Waals surface area contributed by atoms with Crippen molar-refractivity contribution in [3.05, 3.63) is 71.5 Å². The number of nitrogens with zero attached hydrogens (tertiary/aromatic N) is 3. The van der Waals surface area contributed by atoms with Crippen molar-refractivity contribution in [1.82, 2.24) is 9.78 Å². The molecule has 2 heterocycles. The van der Waals surface area contributed by atoms with E-state index in [4.69, 9.17) is 0 Å². The lowest BCUT2D eigenvalue weighted by Gasteiger charge is -2.15. The summed E-state index contributed by atoms with van der Waals surface area (Å²) in [4.78, 5) is 37.7. The predicted octanol–water partition coefficient (Wildman–Crippen LogP) is 3.39. The van der Waals surface area contributed by atoms with Gasteiger partial charge in [-0.2, -0.15) is 5.10 Å². The molecule has 0 bridgehead atoms. The second-order valence-corrected chi connectivity index (χ2v) is 6.98. The van der Waals surface area contributed by atoms with Crippen LogP contribution in [0, 0.1) is 13.8 Å². The highest BCUT2D eigenvalue weighted by atomic mass is 16.2. The summed E-state index contributed by atoms with van der Waals surface area (Å²) in [5, 5.41) is 7.41. The molecule has 29 heavy (non-hydrogen) atoms. The molecule has 3 aromatic rings. The SMILES string of the molecule is Cc1cc(C)n(-c2ccccc2NC(=O)c2ccc(N3C(=O)CCC3=O)cc2)n1. The third-order valence-corrected chi connectivity index (χ3v) is 4.83. The minimum atomic E-state index is -0.287. The molecular weight excluding hydrogens is 368 g/mol. The molecule has 0 atom stereocenters. The summed E-state index contributed by atoms with van der Waals surface area (Å²) in [6.45, 7) is 3.88. The molecule has 1 fully saturated rings. The molecule has 2 aromatic carbocycles. The summed E-state index contributed by atoms with van der Waals surface area (Å²) < 4.78 is 1.79. The number of imide groups is 1. The molecule has 4 rings (SSSR count). The lowest BCUT2D eigenvalue weighted by molar-refractivity contribution is -0.121. The zero-order valence-electron chi connectivity index (χ0n) is 16.2. The number of anilines is 2. The van der Waals surface area contributed by atoms with E-state index in [2.05, 4.69) is 10.4 Å². The van der Waals surface area contributed by atoms with Crippen LogP contribution in [0.4, 0.5) is 11.4 Å². The summed E-state index contributed by atoms with van der Waals surface area (Å²) in [5.41, 5.74) is 4.18. The number of amides is 3. The first-order chi connectivity index (χ1) is 13.9. The monoisotopic (exact) mass is 388 g/mol. The topological polar surface area (TPSA) is 84.3 Å². The zero-order chi connectivity index (χ0) is 20.5. The van der Waals surface area contributed by atoms with Gasteiger partial charge in [0.1, 0.15) is 0 Å². The van der Waals surface area contributed by atoms with Gasteiger partial charge in [-0.15, -0.1) is 0 Å². The largest absolute Gasteiger partial charge is 0.320 e. The van der Waals surface area contributed by atoms with Crippen molar-refractivity contribution in [3.8, 4) is 5.69 Å². The Labute approximate surface area is 167 Å². The van der Waals surface area contributed by atoms with Gasteiger partial charge in [-0.1, -0.05) is 12.1 Å². The number of para-hydroxylation sites is 2. The van der Waals surface area contributed by atoms with Crippen LogP contribution < -0.4 is 10.2 Å². The van der Waals surface area contributed by atoms with Gasteiger partial charge in [0.25, 0.3) is 5.91 Å². The lowest BCUT2D eigenvalue weighted by Crippen LogP contribution is -2.28. The van der Waals surface area contributed by atoms with Crippen molar-refractivity contribution in [2.75, 3.05) is 10.2 Å². The van der Waals surface area contributed by atoms with Gasteiger partial charge in [0, 0.05) is 24.1 Å². The molecule has 3 amide bonds. The highest BCUT2D eigenvalue weighted by molar-refractivity contribution is 6.20. The number of rotatable bonds is 4. The quantitative estimate of drug-likeness (QED) is 0.695. The third kappa shape index (κ3) is 3.54. The summed E-state index contributed by atoms with van der Waals surface area (Å²) >= 11 is 0. The number of benzene rings is 2. The number of carbonyl (C=O) groups is 3. The van der Waals surface area contributed by atoms with E-state index >= 15 is 0 Å². The minimum Gasteiger partial charge on any atom is -0.320 e. The Kier molecular flexibility index (Phi) is 4.72. The molecule has 1 aliphatic rings. The van der Waals surface area contributed by atoms with Crippen LogP contribution in [0.25, 0.3) is 5.69 Å². The number of hydrogen-bond acceptors (Lipinski definition) is 4. The van der Waals surface area contributed by atoms with Crippen molar-refractivity contribution in [2.24, 2.45) is 0 Å². The Bertz CT molecular complexity index is 1100. The van der Waals surface area contributed by atoms with E-state index in [1.165, 1.54) is 4.90 Å². The first-order valence-corrected chi connectivity index (χ1v) is 9.34. The van der Waals surface area contributed by atoms with Crippen LogP contribution in [-0.2, 0) is 9.59 Å². The van der Waals surface area contributed by atoms with Gasteiger partial charge in [-0.3, -0.25) is 19.3 Å². The van der Waals surface area contributed by atoms with Gasteiger partial charge < -0.3 is 5.32 Å². The van der Waals surface area contributed by atoms with Crippen molar-refractivity contribution < 1.29 is 14.4 Å². The van der Waals surface area contributed by atoms with E-state index in [0.29, 0.717) is 16.9 Å². The molecule has 146 valence electrons. The molecular formula is C22H20N4O3. The maximum Gasteiger partial charge on any atom is 0.255 e. The minimum absolute atomic E-state index is 0.217. The maximum absolute atomic E-state index is 12.8. The molecule has 1 N–H and O–H groups in total. The summed E-state index contributed by atoms with van der Waals surface area (Å²) in [7, 11) is 0. The molecule has 0 aliphatic carbocycles. The van der Waals surface area contributed by atoms with Crippen LogP contribution in [0.15, 0.2) is 54.6 Å². The molecule has 7 nitrogen and oxygen atoms in total. The summed E-state index contributed by atoms with van der Waals surface area (Å²) in [6, 6.07) is 15.9. The van der Waals surface area contributed by atoms with Gasteiger partial charge in [0.15, 0.2) is 0 Å². The fourth-order valence-electron chi connectivity index (χ4n) is 3.46. The Balaban J connectivity index is 1.57. The fraction of sp³-hybridized carbons (Fsp3) is 0.182. The predicted molar refractivity (Wildman–Crippen MR) is 109 cm³/mol. The van der Waals surface area contributed by atoms with Crippen molar-refractivity contribution >= 4 is 29.1 Å². The lowest BCUT2D eigenvalue weighted by atomic mass is 10.1. The van der Waals surface area contributed by atoms with Gasteiger partial charge in [-0.25, -0.2) is 4.68 Å². The molecule has 7 heteroatoms. The van der Waals surface area contributed by atoms with Gasteiger partial charge in [-0.05, 0) is 56.3 Å². The molecule has 0 unspecified atom stereocenters. The average molecular weight is 388 g/mol. The van der Waals surface area contributed by atoms with Gasteiger partial charge in [0.05, 0.1) is 22.8 Å². The van der Waals surface area contributed by atoms with Crippen LogP contribution in [0.1, 0.15) is 34.6 Å². The Morgan fingerprint density at radius 2 is 1.62 bits per heavy atom. The molecule has 0 radical (unpaired) electrons. The molecule has 1 aliphatic heterocycles. The van der Waals surface area contributed by atoms with E-state index in [1.807, 2.05) is 44.2 Å². The second-order valence-electron chi connectivity index (χ2n) is 6.98. The summed E-state index contributed by atoms with van der Waals surface area (Å²) in [6.07, 6.45) is 0.453. The van der Waals surface area contributed by atoms with Crippen molar-refractivity contribution in [1.29, 1.82) is 0 Å². The highest BCUT2D eigenvalue weighted by Gasteiger charge is 2.30. The van der Waals surface area contributed by atoms with Crippen LogP contribution >= 0.6 is 0 Å². The van der Waals surface area contributed by atoms with Crippen molar-refractivity contribution in [2.45, 2.75) is 26.7 Å².